The highest BCUT2D eigenvalue weighted by Gasteiger charge is 2.30. The van der Waals surface area contributed by atoms with Crippen molar-refractivity contribution < 1.29 is 13.2 Å². The van der Waals surface area contributed by atoms with Gasteiger partial charge in [0, 0.05) is 32.7 Å². The van der Waals surface area contributed by atoms with E-state index < -0.39 is 10.0 Å². The second kappa shape index (κ2) is 10.4. The highest BCUT2D eigenvalue weighted by Crippen LogP contribution is 2.24. The molecular formula is C24H33N3O3S. The van der Waals surface area contributed by atoms with Gasteiger partial charge in [-0.25, -0.2) is 8.42 Å². The quantitative estimate of drug-likeness (QED) is 0.681. The van der Waals surface area contributed by atoms with E-state index >= 15 is 0 Å². The molecule has 1 aliphatic heterocycles. The first kappa shape index (κ1) is 23.4. The summed E-state index contributed by atoms with van der Waals surface area (Å²) in [4.78, 5) is 15.0. The van der Waals surface area contributed by atoms with Gasteiger partial charge in [0.1, 0.15) is 0 Å². The van der Waals surface area contributed by atoms with Crippen LogP contribution in [0.3, 0.4) is 0 Å². The van der Waals surface area contributed by atoms with Crippen molar-refractivity contribution >= 4 is 15.9 Å². The fourth-order valence-electron chi connectivity index (χ4n) is 3.90. The molecule has 6 nitrogen and oxygen atoms in total. The summed E-state index contributed by atoms with van der Waals surface area (Å²) >= 11 is 0. The summed E-state index contributed by atoms with van der Waals surface area (Å²) in [7, 11) is -3.79. The third-order valence-electron chi connectivity index (χ3n) is 5.91. The Bertz CT molecular complexity index is 1000. The Hall–Kier alpha value is -2.22. The second-order valence-electron chi connectivity index (χ2n) is 8.26. The standard InChI is InChI=1S/C24H33N3O3S/c1-19-16-21(3)23(17-20(19)2)31(29,30)27(13-7-10-22-8-5-4-6-9-22)18-24(28)26-14-11-25-12-15-26/h4-6,8-9,16-17,25H,7,10-15,18H2,1-3H3. The summed E-state index contributed by atoms with van der Waals surface area (Å²) < 4.78 is 28.6. The summed E-state index contributed by atoms with van der Waals surface area (Å²) in [6.07, 6.45) is 1.42. The van der Waals surface area contributed by atoms with Crippen molar-refractivity contribution in [1.82, 2.24) is 14.5 Å². The highest BCUT2D eigenvalue weighted by molar-refractivity contribution is 7.89. The summed E-state index contributed by atoms with van der Waals surface area (Å²) in [5.41, 5.74) is 3.87. The first-order valence-corrected chi connectivity index (χ1v) is 12.3. The van der Waals surface area contributed by atoms with Crippen molar-refractivity contribution in [3.8, 4) is 0 Å². The van der Waals surface area contributed by atoms with Crippen molar-refractivity contribution in [2.75, 3.05) is 39.3 Å². The maximum atomic E-state index is 13.6. The van der Waals surface area contributed by atoms with Gasteiger partial charge in [0.25, 0.3) is 0 Å². The normalized spacial score (nSPS) is 14.8. The fraction of sp³-hybridized carbons (Fsp3) is 0.458. The smallest absolute Gasteiger partial charge is 0.243 e. The largest absolute Gasteiger partial charge is 0.339 e. The summed E-state index contributed by atoms with van der Waals surface area (Å²) in [5, 5.41) is 3.22. The van der Waals surface area contributed by atoms with E-state index in [1.807, 2.05) is 57.2 Å². The number of nitrogens with zero attached hydrogens (tertiary/aromatic N) is 2. The number of carbonyl (C=O) groups excluding carboxylic acids is 1. The number of amides is 1. The Kier molecular flexibility index (Phi) is 7.86. The lowest BCUT2D eigenvalue weighted by Crippen LogP contribution is -2.50. The predicted octanol–water partition coefficient (Wildman–Crippen LogP) is 2.67. The van der Waals surface area contributed by atoms with Crippen LogP contribution < -0.4 is 5.32 Å². The highest BCUT2D eigenvalue weighted by atomic mass is 32.2. The van der Waals surface area contributed by atoms with Gasteiger partial charge in [0.05, 0.1) is 11.4 Å². The zero-order chi connectivity index (χ0) is 22.4. The molecule has 0 saturated carbocycles. The van der Waals surface area contributed by atoms with Crippen LogP contribution in [-0.2, 0) is 21.2 Å². The zero-order valence-corrected chi connectivity index (χ0v) is 19.5. The summed E-state index contributed by atoms with van der Waals surface area (Å²) in [5.74, 6) is -0.133. The van der Waals surface area contributed by atoms with Crippen LogP contribution in [0.5, 0.6) is 0 Å². The second-order valence-corrected chi connectivity index (χ2v) is 10.2. The molecule has 3 rings (SSSR count). The van der Waals surface area contributed by atoms with Crippen LogP contribution in [0, 0.1) is 20.8 Å². The molecule has 0 spiro atoms. The number of hydrogen-bond donors (Lipinski definition) is 1. The SMILES string of the molecule is Cc1cc(C)c(S(=O)(=O)N(CCCc2ccccc2)CC(=O)N2CCNCC2)cc1C. The maximum Gasteiger partial charge on any atom is 0.243 e. The molecule has 31 heavy (non-hydrogen) atoms. The van der Waals surface area contributed by atoms with Gasteiger partial charge in [-0.3, -0.25) is 4.79 Å². The average Bonchev–Trinajstić information content (AvgIpc) is 2.76. The molecule has 1 heterocycles. The molecule has 2 aromatic carbocycles. The number of rotatable bonds is 8. The molecular weight excluding hydrogens is 410 g/mol. The summed E-state index contributed by atoms with van der Waals surface area (Å²) in [6, 6.07) is 13.7. The van der Waals surface area contributed by atoms with Crippen LogP contribution in [0.15, 0.2) is 47.4 Å². The van der Waals surface area contributed by atoms with Gasteiger partial charge in [-0.1, -0.05) is 36.4 Å². The minimum Gasteiger partial charge on any atom is -0.339 e. The molecule has 1 saturated heterocycles. The van der Waals surface area contributed by atoms with Gasteiger partial charge in [0.2, 0.25) is 15.9 Å². The minimum atomic E-state index is -3.79. The Labute approximate surface area is 186 Å². The number of sulfonamides is 1. The molecule has 1 fully saturated rings. The third-order valence-corrected chi connectivity index (χ3v) is 7.89. The fourth-order valence-corrected chi connectivity index (χ4v) is 5.62. The van der Waals surface area contributed by atoms with Gasteiger partial charge >= 0.3 is 0 Å². The van der Waals surface area contributed by atoms with Gasteiger partial charge in [0.15, 0.2) is 0 Å². The van der Waals surface area contributed by atoms with E-state index in [1.165, 1.54) is 4.31 Å². The van der Waals surface area contributed by atoms with E-state index in [9.17, 15) is 13.2 Å². The van der Waals surface area contributed by atoms with Gasteiger partial charge in [-0.15, -0.1) is 0 Å². The molecule has 0 aliphatic carbocycles. The van der Waals surface area contributed by atoms with Crippen molar-refractivity contribution in [3.63, 3.8) is 0 Å². The van der Waals surface area contributed by atoms with Crippen LogP contribution in [0.1, 0.15) is 28.7 Å². The van der Waals surface area contributed by atoms with Gasteiger partial charge in [-0.05, 0) is 61.9 Å². The number of benzene rings is 2. The number of piperazine rings is 1. The molecule has 0 bridgehead atoms. The zero-order valence-electron chi connectivity index (χ0n) is 18.7. The minimum absolute atomic E-state index is 0.122. The summed E-state index contributed by atoms with van der Waals surface area (Å²) in [6.45, 7) is 8.60. The Morgan fingerprint density at radius 3 is 2.32 bits per heavy atom. The first-order chi connectivity index (χ1) is 14.8. The lowest BCUT2D eigenvalue weighted by molar-refractivity contribution is -0.131. The van der Waals surface area contributed by atoms with Crippen LogP contribution in [0.25, 0.3) is 0 Å². The molecule has 0 unspecified atom stereocenters. The molecule has 168 valence electrons. The molecule has 1 N–H and O–H groups in total. The Morgan fingerprint density at radius 2 is 1.65 bits per heavy atom. The first-order valence-electron chi connectivity index (χ1n) is 10.9. The van der Waals surface area contributed by atoms with Crippen LogP contribution in [0.4, 0.5) is 0 Å². The van der Waals surface area contributed by atoms with E-state index in [-0.39, 0.29) is 12.5 Å². The lowest BCUT2D eigenvalue weighted by Gasteiger charge is -2.30. The van der Waals surface area contributed by atoms with Gasteiger partial charge < -0.3 is 10.2 Å². The molecule has 0 atom stereocenters. The van der Waals surface area contributed by atoms with Crippen LogP contribution in [0.2, 0.25) is 0 Å². The Balaban J connectivity index is 1.82. The maximum absolute atomic E-state index is 13.6. The monoisotopic (exact) mass is 443 g/mol. The van der Waals surface area contributed by atoms with Crippen molar-refractivity contribution in [1.29, 1.82) is 0 Å². The molecule has 0 radical (unpaired) electrons. The molecule has 7 heteroatoms. The molecule has 2 aromatic rings. The molecule has 1 aliphatic rings. The number of hydrogen-bond acceptors (Lipinski definition) is 4. The van der Waals surface area contributed by atoms with Crippen molar-refractivity contribution in [3.05, 3.63) is 64.7 Å². The predicted molar refractivity (Wildman–Crippen MR) is 124 cm³/mol. The number of nitrogens with one attached hydrogen (secondary N) is 1. The van der Waals surface area contributed by atoms with Crippen molar-refractivity contribution in [2.24, 2.45) is 0 Å². The van der Waals surface area contributed by atoms with Crippen molar-refractivity contribution in [2.45, 2.75) is 38.5 Å². The lowest BCUT2D eigenvalue weighted by atomic mass is 10.1. The van der Waals surface area contributed by atoms with Crippen LogP contribution in [-0.4, -0.2) is 62.8 Å². The van der Waals surface area contributed by atoms with E-state index in [2.05, 4.69) is 5.32 Å². The molecule has 1 amide bonds. The average molecular weight is 444 g/mol. The van der Waals surface area contributed by atoms with Crippen LogP contribution >= 0.6 is 0 Å². The number of carbonyl (C=O) groups is 1. The van der Waals surface area contributed by atoms with E-state index in [0.717, 1.165) is 36.2 Å². The third kappa shape index (κ3) is 5.93. The number of aryl methyl sites for hydroxylation is 4. The Morgan fingerprint density at radius 1 is 1.00 bits per heavy atom. The van der Waals surface area contributed by atoms with E-state index in [0.29, 0.717) is 36.5 Å². The van der Waals surface area contributed by atoms with E-state index in [4.69, 9.17) is 0 Å². The topological polar surface area (TPSA) is 69.7 Å². The molecule has 0 aromatic heterocycles. The van der Waals surface area contributed by atoms with Gasteiger partial charge in [-0.2, -0.15) is 4.31 Å². The van der Waals surface area contributed by atoms with E-state index in [1.54, 1.807) is 11.0 Å².